The van der Waals surface area contributed by atoms with Gasteiger partial charge in [-0.2, -0.15) is 11.8 Å². The summed E-state index contributed by atoms with van der Waals surface area (Å²) in [5.41, 5.74) is 7.28. The minimum absolute atomic E-state index is 0.258. The van der Waals surface area contributed by atoms with Crippen molar-refractivity contribution in [2.24, 2.45) is 5.73 Å². The number of halogens is 1. The van der Waals surface area contributed by atoms with Crippen LogP contribution in [0.15, 0.2) is 22.7 Å². The zero-order chi connectivity index (χ0) is 12.3. The first-order valence-corrected chi connectivity index (χ1v) is 7.63. The van der Waals surface area contributed by atoms with Gasteiger partial charge in [0.25, 0.3) is 0 Å². The van der Waals surface area contributed by atoms with Crippen molar-refractivity contribution in [3.05, 3.63) is 28.2 Å². The highest BCUT2D eigenvalue weighted by molar-refractivity contribution is 9.10. The summed E-state index contributed by atoms with van der Waals surface area (Å²) >= 11 is 5.56. The second kappa shape index (κ2) is 5.63. The van der Waals surface area contributed by atoms with Gasteiger partial charge in [-0.05, 0) is 58.6 Å². The SMILES string of the molecule is COc1ccc(CC2(CN)CCCS2)cc1Br. The van der Waals surface area contributed by atoms with Crippen LogP contribution < -0.4 is 10.5 Å². The maximum absolute atomic E-state index is 5.95. The molecule has 0 radical (unpaired) electrons. The van der Waals surface area contributed by atoms with Gasteiger partial charge in [-0.1, -0.05) is 6.07 Å². The number of hydrogen-bond donors (Lipinski definition) is 1. The Morgan fingerprint density at radius 3 is 2.88 bits per heavy atom. The van der Waals surface area contributed by atoms with E-state index in [0.29, 0.717) is 0 Å². The van der Waals surface area contributed by atoms with Crippen LogP contribution in [0.5, 0.6) is 5.75 Å². The van der Waals surface area contributed by atoms with E-state index in [-0.39, 0.29) is 4.75 Å². The molecule has 1 saturated heterocycles. The quantitative estimate of drug-likeness (QED) is 0.926. The van der Waals surface area contributed by atoms with Gasteiger partial charge in [-0.25, -0.2) is 0 Å². The molecule has 2 nitrogen and oxygen atoms in total. The normalized spacial score (nSPS) is 23.9. The minimum atomic E-state index is 0.258. The van der Waals surface area contributed by atoms with Crippen molar-refractivity contribution in [2.45, 2.75) is 24.0 Å². The highest BCUT2D eigenvalue weighted by atomic mass is 79.9. The monoisotopic (exact) mass is 315 g/mol. The molecular formula is C13H18BrNOS. The van der Waals surface area contributed by atoms with Crippen LogP contribution in [0.4, 0.5) is 0 Å². The van der Waals surface area contributed by atoms with E-state index in [4.69, 9.17) is 10.5 Å². The van der Waals surface area contributed by atoms with Crippen LogP contribution >= 0.6 is 27.7 Å². The number of rotatable bonds is 4. The fraction of sp³-hybridized carbons (Fsp3) is 0.538. The summed E-state index contributed by atoms with van der Waals surface area (Å²) in [5, 5.41) is 0. The molecule has 1 unspecified atom stereocenters. The van der Waals surface area contributed by atoms with E-state index < -0.39 is 0 Å². The summed E-state index contributed by atoms with van der Waals surface area (Å²) < 4.78 is 6.52. The number of hydrogen-bond acceptors (Lipinski definition) is 3. The lowest BCUT2D eigenvalue weighted by molar-refractivity contribution is 0.412. The summed E-state index contributed by atoms with van der Waals surface area (Å²) in [7, 11) is 1.69. The van der Waals surface area contributed by atoms with Crippen LogP contribution in [0.3, 0.4) is 0 Å². The van der Waals surface area contributed by atoms with Crippen molar-refractivity contribution >= 4 is 27.7 Å². The molecule has 1 aromatic carbocycles. The Hall–Kier alpha value is -0.190. The second-order valence-electron chi connectivity index (χ2n) is 4.48. The Morgan fingerprint density at radius 2 is 2.35 bits per heavy atom. The molecule has 1 aliphatic heterocycles. The Kier molecular flexibility index (Phi) is 4.39. The number of benzene rings is 1. The molecular weight excluding hydrogens is 298 g/mol. The fourth-order valence-electron chi connectivity index (χ4n) is 2.32. The molecule has 1 aromatic rings. The topological polar surface area (TPSA) is 35.2 Å². The molecule has 17 heavy (non-hydrogen) atoms. The highest BCUT2D eigenvalue weighted by Crippen LogP contribution is 2.40. The molecule has 0 aliphatic carbocycles. The smallest absolute Gasteiger partial charge is 0.133 e. The lowest BCUT2D eigenvalue weighted by Gasteiger charge is -2.26. The van der Waals surface area contributed by atoms with Crippen LogP contribution in [0.25, 0.3) is 0 Å². The molecule has 1 aliphatic rings. The summed E-state index contributed by atoms with van der Waals surface area (Å²) in [6, 6.07) is 6.30. The largest absolute Gasteiger partial charge is 0.496 e. The first kappa shape index (κ1) is 13.2. The first-order chi connectivity index (χ1) is 8.19. The third-order valence-electron chi connectivity index (χ3n) is 3.30. The van der Waals surface area contributed by atoms with Crippen molar-refractivity contribution in [1.82, 2.24) is 0 Å². The average Bonchev–Trinajstić information content (AvgIpc) is 2.79. The molecule has 1 heterocycles. The number of thioether (sulfide) groups is 1. The maximum Gasteiger partial charge on any atom is 0.133 e. The van der Waals surface area contributed by atoms with Crippen molar-refractivity contribution in [3.63, 3.8) is 0 Å². The third-order valence-corrected chi connectivity index (χ3v) is 5.54. The van der Waals surface area contributed by atoms with Gasteiger partial charge in [0.05, 0.1) is 11.6 Å². The Morgan fingerprint density at radius 1 is 1.53 bits per heavy atom. The van der Waals surface area contributed by atoms with Crippen molar-refractivity contribution in [3.8, 4) is 5.75 Å². The number of ether oxygens (including phenoxy) is 1. The second-order valence-corrected chi connectivity index (χ2v) is 6.90. The molecule has 4 heteroatoms. The van der Waals surface area contributed by atoms with Gasteiger partial charge in [-0.3, -0.25) is 0 Å². The van der Waals surface area contributed by atoms with Crippen LogP contribution in [-0.2, 0) is 6.42 Å². The number of methoxy groups -OCH3 is 1. The van der Waals surface area contributed by atoms with Crippen LogP contribution in [0.1, 0.15) is 18.4 Å². The summed E-state index contributed by atoms with van der Waals surface area (Å²) in [5.74, 6) is 2.13. The van der Waals surface area contributed by atoms with Crippen molar-refractivity contribution < 1.29 is 4.74 Å². The Balaban J connectivity index is 2.15. The molecule has 0 saturated carbocycles. The molecule has 94 valence electrons. The standard InChI is InChI=1S/C13H18BrNOS/c1-16-12-4-3-10(7-11(12)14)8-13(9-15)5-2-6-17-13/h3-4,7H,2,5-6,8-9,15H2,1H3. The molecule has 0 amide bonds. The van der Waals surface area contributed by atoms with E-state index in [1.54, 1.807) is 7.11 Å². The van der Waals surface area contributed by atoms with Gasteiger partial charge in [0.1, 0.15) is 5.75 Å². The van der Waals surface area contributed by atoms with E-state index >= 15 is 0 Å². The highest BCUT2D eigenvalue weighted by Gasteiger charge is 2.33. The third kappa shape index (κ3) is 2.98. The Labute approximate surface area is 115 Å². The molecule has 1 atom stereocenters. The van der Waals surface area contributed by atoms with E-state index in [1.807, 2.05) is 17.8 Å². The van der Waals surface area contributed by atoms with Gasteiger partial charge in [0.15, 0.2) is 0 Å². The van der Waals surface area contributed by atoms with Gasteiger partial charge in [0, 0.05) is 11.3 Å². The van der Waals surface area contributed by atoms with Crippen LogP contribution in [0.2, 0.25) is 0 Å². The molecule has 2 N–H and O–H groups in total. The van der Waals surface area contributed by atoms with Gasteiger partial charge >= 0.3 is 0 Å². The predicted molar refractivity (Wildman–Crippen MR) is 77.9 cm³/mol. The lowest BCUT2D eigenvalue weighted by atomic mass is 9.94. The number of nitrogens with two attached hydrogens (primary N) is 1. The van der Waals surface area contributed by atoms with E-state index in [1.165, 1.54) is 24.2 Å². The first-order valence-electron chi connectivity index (χ1n) is 5.85. The molecule has 0 aromatic heterocycles. The van der Waals surface area contributed by atoms with E-state index in [9.17, 15) is 0 Å². The maximum atomic E-state index is 5.95. The van der Waals surface area contributed by atoms with Gasteiger partial charge in [0.2, 0.25) is 0 Å². The fourth-order valence-corrected chi connectivity index (χ4v) is 4.30. The van der Waals surface area contributed by atoms with Crippen molar-refractivity contribution in [2.75, 3.05) is 19.4 Å². The molecule has 1 fully saturated rings. The molecule has 0 spiro atoms. The van der Waals surface area contributed by atoms with Crippen molar-refractivity contribution in [1.29, 1.82) is 0 Å². The lowest BCUT2D eigenvalue weighted by Crippen LogP contribution is -2.34. The zero-order valence-corrected chi connectivity index (χ0v) is 12.4. The Bertz CT molecular complexity index is 391. The zero-order valence-electron chi connectivity index (χ0n) is 10.0. The van der Waals surface area contributed by atoms with Gasteiger partial charge < -0.3 is 10.5 Å². The van der Waals surface area contributed by atoms with Crippen LogP contribution in [-0.4, -0.2) is 24.2 Å². The van der Waals surface area contributed by atoms with Gasteiger partial charge in [-0.15, -0.1) is 0 Å². The summed E-state index contributed by atoms with van der Waals surface area (Å²) in [4.78, 5) is 0. The summed E-state index contributed by atoms with van der Waals surface area (Å²) in [6.45, 7) is 0.765. The minimum Gasteiger partial charge on any atom is -0.496 e. The average molecular weight is 316 g/mol. The molecule has 0 bridgehead atoms. The van der Waals surface area contributed by atoms with E-state index in [2.05, 4.69) is 28.1 Å². The predicted octanol–water partition coefficient (Wildman–Crippen LogP) is 3.22. The molecule has 2 rings (SSSR count). The summed E-state index contributed by atoms with van der Waals surface area (Å²) in [6.07, 6.45) is 3.58. The van der Waals surface area contributed by atoms with E-state index in [0.717, 1.165) is 23.2 Å². The van der Waals surface area contributed by atoms with Crippen LogP contribution in [0, 0.1) is 0 Å².